The van der Waals surface area contributed by atoms with Crippen molar-refractivity contribution in [2.24, 2.45) is 0 Å². The number of hydrogen-bond acceptors (Lipinski definition) is 5. The van der Waals surface area contributed by atoms with Crippen molar-refractivity contribution in [3.63, 3.8) is 0 Å². The summed E-state index contributed by atoms with van der Waals surface area (Å²) in [4.78, 5) is 17.0. The summed E-state index contributed by atoms with van der Waals surface area (Å²) in [5.41, 5.74) is 3.68. The fourth-order valence-corrected chi connectivity index (χ4v) is 2.45. The molecule has 23 heavy (non-hydrogen) atoms. The van der Waals surface area contributed by atoms with Gasteiger partial charge < -0.3 is 9.88 Å². The second-order valence-corrected chi connectivity index (χ2v) is 5.05. The van der Waals surface area contributed by atoms with Gasteiger partial charge in [-0.2, -0.15) is 0 Å². The van der Waals surface area contributed by atoms with Gasteiger partial charge in [0.2, 0.25) is 0 Å². The highest BCUT2D eigenvalue weighted by Gasteiger charge is 2.05. The molecule has 3 aromatic heterocycles. The molecule has 0 radical (unpaired) electrons. The fraction of sp³-hybridized carbons (Fsp3) is 0.0588. The number of rotatable bonds is 4. The Bertz CT molecular complexity index is 933. The van der Waals surface area contributed by atoms with Crippen LogP contribution in [0, 0.1) is 0 Å². The van der Waals surface area contributed by atoms with Crippen molar-refractivity contribution in [2.75, 3.05) is 5.32 Å². The number of hydrogen-bond donors (Lipinski definition) is 1. The average Bonchev–Trinajstić information content (AvgIpc) is 3.14. The van der Waals surface area contributed by atoms with Crippen LogP contribution in [0.15, 0.2) is 67.5 Å². The van der Waals surface area contributed by atoms with Crippen LogP contribution in [-0.4, -0.2) is 24.5 Å². The van der Waals surface area contributed by atoms with Gasteiger partial charge in [0.25, 0.3) is 0 Å². The van der Waals surface area contributed by atoms with Gasteiger partial charge >= 0.3 is 0 Å². The molecule has 112 valence electrons. The molecule has 6 heteroatoms. The van der Waals surface area contributed by atoms with E-state index in [0.29, 0.717) is 12.2 Å². The summed E-state index contributed by atoms with van der Waals surface area (Å²) in [6.45, 7) is 0.660. The number of benzene rings is 1. The maximum Gasteiger partial charge on any atom is 0.180 e. The summed E-state index contributed by atoms with van der Waals surface area (Å²) in [6.07, 6.45) is 8.81. The van der Waals surface area contributed by atoms with Crippen LogP contribution in [0.25, 0.3) is 16.9 Å². The molecule has 0 amide bonds. The molecule has 6 nitrogen and oxygen atoms in total. The summed E-state index contributed by atoms with van der Waals surface area (Å²) in [6, 6.07) is 12.0. The minimum atomic E-state index is 0.639. The lowest BCUT2D eigenvalue weighted by Gasteiger charge is -2.11. The molecule has 4 aromatic rings. The highest BCUT2D eigenvalue weighted by atomic mass is 15.0. The van der Waals surface area contributed by atoms with Crippen LogP contribution in [0.2, 0.25) is 0 Å². The molecule has 0 fully saturated rings. The Labute approximate surface area is 132 Å². The first-order valence-corrected chi connectivity index (χ1v) is 7.28. The predicted molar refractivity (Wildman–Crippen MR) is 88.2 cm³/mol. The lowest BCUT2D eigenvalue weighted by atomic mass is 10.1. The Morgan fingerprint density at radius 1 is 0.957 bits per heavy atom. The molecule has 0 atom stereocenters. The SMILES string of the molecule is c1ccc(-n2ccnc2)c(CNc2ccc3nccnc3n2)c1. The smallest absolute Gasteiger partial charge is 0.180 e. The lowest BCUT2D eigenvalue weighted by Crippen LogP contribution is -2.05. The topological polar surface area (TPSA) is 68.5 Å². The first-order chi connectivity index (χ1) is 11.4. The van der Waals surface area contributed by atoms with Crippen molar-refractivity contribution in [1.82, 2.24) is 24.5 Å². The molecule has 0 saturated heterocycles. The largest absolute Gasteiger partial charge is 0.366 e. The van der Waals surface area contributed by atoms with E-state index in [1.807, 2.05) is 35.0 Å². The van der Waals surface area contributed by atoms with Gasteiger partial charge in [-0.05, 0) is 23.8 Å². The molecule has 0 unspecified atom stereocenters. The number of para-hydroxylation sites is 1. The zero-order valence-electron chi connectivity index (χ0n) is 12.3. The van der Waals surface area contributed by atoms with Gasteiger partial charge in [-0.1, -0.05) is 18.2 Å². The van der Waals surface area contributed by atoms with Crippen molar-refractivity contribution in [2.45, 2.75) is 6.54 Å². The molecule has 0 aliphatic heterocycles. The van der Waals surface area contributed by atoms with Gasteiger partial charge in [-0.15, -0.1) is 0 Å². The van der Waals surface area contributed by atoms with Crippen LogP contribution in [0.3, 0.4) is 0 Å². The molecule has 0 bridgehead atoms. The second-order valence-electron chi connectivity index (χ2n) is 5.05. The number of imidazole rings is 1. The minimum Gasteiger partial charge on any atom is -0.366 e. The molecule has 4 rings (SSSR count). The monoisotopic (exact) mass is 302 g/mol. The minimum absolute atomic E-state index is 0.639. The van der Waals surface area contributed by atoms with Crippen molar-refractivity contribution >= 4 is 17.0 Å². The Balaban J connectivity index is 1.59. The summed E-state index contributed by atoms with van der Waals surface area (Å²) < 4.78 is 2.00. The van der Waals surface area contributed by atoms with Gasteiger partial charge in [0.15, 0.2) is 5.65 Å². The Kier molecular flexibility index (Phi) is 3.40. The van der Waals surface area contributed by atoms with E-state index in [9.17, 15) is 0 Å². The molecule has 3 heterocycles. The Morgan fingerprint density at radius 3 is 2.78 bits per heavy atom. The van der Waals surface area contributed by atoms with E-state index in [0.717, 1.165) is 22.6 Å². The summed E-state index contributed by atoms with van der Waals surface area (Å²) in [5, 5.41) is 3.34. The Morgan fingerprint density at radius 2 is 1.87 bits per heavy atom. The number of fused-ring (bicyclic) bond motifs is 1. The number of nitrogens with one attached hydrogen (secondary N) is 1. The Hall–Kier alpha value is -3.28. The van der Waals surface area contributed by atoms with E-state index in [4.69, 9.17) is 0 Å². The van der Waals surface area contributed by atoms with E-state index in [2.05, 4.69) is 37.4 Å². The van der Waals surface area contributed by atoms with E-state index in [1.165, 1.54) is 0 Å². The van der Waals surface area contributed by atoms with E-state index >= 15 is 0 Å². The summed E-state index contributed by atoms with van der Waals surface area (Å²) >= 11 is 0. The lowest BCUT2D eigenvalue weighted by molar-refractivity contribution is 1.00. The van der Waals surface area contributed by atoms with E-state index in [1.54, 1.807) is 24.9 Å². The van der Waals surface area contributed by atoms with Crippen LogP contribution in [-0.2, 0) is 6.54 Å². The third-order valence-electron chi connectivity index (χ3n) is 3.57. The third kappa shape index (κ3) is 2.74. The highest BCUT2D eigenvalue weighted by Crippen LogP contribution is 2.16. The molecule has 1 N–H and O–H groups in total. The number of aromatic nitrogens is 5. The van der Waals surface area contributed by atoms with Crippen molar-refractivity contribution in [3.8, 4) is 5.69 Å². The van der Waals surface area contributed by atoms with Gasteiger partial charge in [-0.3, -0.25) is 4.98 Å². The fourth-order valence-electron chi connectivity index (χ4n) is 2.45. The maximum atomic E-state index is 4.48. The van der Waals surface area contributed by atoms with Crippen molar-refractivity contribution in [1.29, 1.82) is 0 Å². The highest BCUT2D eigenvalue weighted by molar-refractivity contribution is 5.71. The van der Waals surface area contributed by atoms with Crippen molar-refractivity contribution < 1.29 is 0 Å². The van der Waals surface area contributed by atoms with E-state index in [-0.39, 0.29) is 0 Å². The zero-order chi connectivity index (χ0) is 15.5. The van der Waals surface area contributed by atoms with Crippen LogP contribution >= 0.6 is 0 Å². The van der Waals surface area contributed by atoms with Gasteiger partial charge in [-0.25, -0.2) is 15.0 Å². The van der Waals surface area contributed by atoms with Crippen LogP contribution in [0.4, 0.5) is 5.82 Å². The van der Waals surface area contributed by atoms with Gasteiger partial charge in [0.1, 0.15) is 11.3 Å². The van der Waals surface area contributed by atoms with Crippen LogP contribution in [0.5, 0.6) is 0 Å². The molecular weight excluding hydrogens is 288 g/mol. The summed E-state index contributed by atoms with van der Waals surface area (Å²) in [5.74, 6) is 0.776. The number of pyridine rings is 1. The van der Waals surface area contributed by atoms with Crippen molar-refractivity contribution in [3.05, 3.63) is 73.1 Å². The molecule has 0 aliphatic carbocycles. The predicted octanol–water partition coefficient (Wildman–Crippen LogP) is 2.82. The zero-order valence-corrected chi connectivity index (χ0v) is 12.3. The van der Waals surface area contributed by atoms with Gasteiger partial charge in [0.05, 0.1) is 12.0 Å². The number of anilines is 1. The first-order valence-electron chi connectivity index (χ1n) is 7.28. The van der Waals surface area contributed by atoms with Gasteiger partial charge in [0, 0.05) is 31.3 Å². The molecule has 1 aromatic carbocycles. The molecule has 0 aliphatic rings. The number of nitrogens with zero attached hydrogens (tertiary/aromatic N) is 5. The second kappa shape index (κ2) is 5.84. The van der Waals surface area contributed by atoms with Crippen LogP contribution in [0.1, 0.15) is 5.56 Å². The maximum absolute atomic E-state index is 4.48. The third-order valence-corrected chi connectivity index (χ3v) is 3.57. The van der Waals surface area contributed by atoms with E-state index < -0.39 is 0 Å². The van der Waals surface area contributed by atoms with Crippen LogP contribution < -0.4 is 5.32 Å². The normalized spacial score (nSPS) is 10.8. The standard InChI is InChI=1S/C17H14N6/c1-2-4-15(23-10-9-18-12-23)13(3-1)11-21-16-6-5-14-17(22-16)20-8-7-19-14/h1-10,12H,11H2,(H,20,21,22). The molecule has 0 saturated carbocycles. The molecule has 0 spiro atoms. The molecular formula is C17H14N6. The first kappa shape index (κ1) is 13.4. The quantitative estimate of drug-likeness (QED) is 0.628. The summed E-state index contributed by atoms with van der Waals surface area (Å²) in [7, 11) is 0. The average molecular weight is 302 g/mol.